The van der Waals surface area contributed by atoms with Gasteiger partial charge < -0.3 is 4.57 Å². The molecule has 0 saturated carbocycles. The third-order valence-corrected chi connectivity index (χ3v) is 3.05. The maximum absolute atomic E-state index is 4.23. The summed E-state index contributed by atoms with van der Waals surface area (Å²) in [7, 11) is 0. The monoisotopic (exact) mass is 193 g/mol. The molecule has 14 heavy (non-hydrogen) atoms. The summed E-state index contributed by atoms with van der Waals surface area (Å²) < 4.78 is 2.26. The van der Waals surface area contributed by atoms with Crippen LogP contribution in [0.1, 0.15) is 38.3 Å². The molecular weight excluding hydrogens is 174 g/mol. The van der Waals surface area contributed by atoms with Crippen LogP contribution in [0.2, 0.25) is 0 Å². The highest BCUT2D eigenvalue weighted by molar-refractivity contribution is 4.98. The van der Waals surface area contributed by atoms with Gasteiger partial charge in [-0.25, -0.2) is 0 Å². The minimum atomic E-state index is 0.801. The molecule has 3 nitrogen and oxygen atoms in total. The molecule has 1 aromatic heterocycles. The zero-order valence-electron chi connectivity index (χ0n) is 9.32. The lowest BCUT2D eigenvalue weighted by molar-refractivity contribution is 0.322. The van der Waals surface area contributed by atoms with Crippen molar-refractivity contribution in [3.8, 4) is 0 Å². The van der Waals surface area contributed by atoms with Crippen molar-refractivity contribution in [3.05, 3.63) is 11.6 Å². The van der Waals surface area contributed by atoms with Gasteiger partial charge in [-0.2, -0.15) is 0 Å². The van der Waals surface area contributed by atoms with Crippen molar-refractivity contribution in [1.82, 2.24) is 14.8 Å². The Labute approximate surface area is 85.5 Å². The first kappa shape index (κ1) is 9.69. The van der Waals surface area contributed by atoms with Crippen LogP contribution in [0.3, 0.4) is 0 Å². The molecule has 1 unspecified atom stereocenters. The Hall–Kier alpha value is -0.860. The quantitative estimate of drug-likeness (QED) is 0.721. The molecule has 2 heterocycles. The Morgan fingerprint density at radius 3 is 2.93 bits per heavy atom. The maximum Gasteiger partial charge on any atom is 0.133 e. The summed E-state index contributed by atoms with van der Waals surface area (Å²) in [6.07, 6.45) is 3.75. The minimum Gasteiger partial charge on any atom is -0.315 e. The summed E-state index contributed by atoms with van der Waals surface area (Å²) in [5, 5.41) is 8.35. The van der Waals surface area contributed by atoms with Crippen molar-refractivity contribution in [1.29, 1.82) is 0 Å². The van der Waals surface area contributed by atoms with E-state index in [0.29, 0.717) is 0 Å². The minimum absolute atomic E-state index is 0.801. The first-order valence-corrected chi connectivity index (χ1v) is 5.55. The lowest BCUT2D eigenvalue weighted by Gasteiger charge is -2.24. The van der Waals surface area contributed by atoms with Gasteiger partial charge in [0.25, 0.3) is 0 Å². The molecule has 2 rings (SSSR count). The van der Waals surface area contributed by atoms with E-state index in [1.54, 1.807) is 0 Å². The fourth-order valence-corrected chi connectivity index (χ4v) is 2.41. The molecule has 0 aromatic carbocycles. The van der Waals surface area contributed by atoms with E-state index in [2.05, 4.69) is 28.6 Å². The Bertz CT molecular complexity index is 314. The molecule has 1 aliphatic rings. The van der Waals surface area contributed by atoms with E-state index in [-0.39, 0.29) is 0 Å². The van der Waals surface area contributed by atoms with Gasteiger partial charge in [0.2, 0.25) is 0 Å². The zero-order valence-corrected chi connectivity index (χ0v) is 9.32. The summed E-state index contributed by atoms with van der Waals surface area (Å²) in [5.74, 6) is 3.89. The molecule has 1 aromatic rings. The van der Waals surface area contributed by atoms with Gasteiger partial charge in [-0.1, -0.05) is 13.8 Å². The predicted molar refractivity (Wildman–Crippen MR) is 56.0 cm³/mol. The number of aromatic nitrogens is 3. The van der Waals surface area contributed by atoms with E-state index in [9.17, 15) is 0 Å². The van der Waals surface area contributed by atoms with Gasteiger partial charge in [0, 0.05) is 13.0 Å². The molecule has 78 valence electrons. The average molecular weight is 193 g/mol. The number of fused-ring (bicyclic) bond motifs is 1. The summed E-state index contributed by atoms with van der Waals surface area (Å²) in [6.45, 7) is 7.75. The van der Waals surface area contributed by atoms with Crippen LogP contribution in [-0.4, -0.2) is 14.8 Å². The Balaban J connectivity index is 2.06. The number of hydrogen-bond acceptors (Lipinski definition) is 2. The van der Waals surface area contributed by atoms with E-state index < -0.39 is 0 Å². The van der Waals surface area contributed by atoms with Crippen molar-refractivity contribution in [3.63, 3.8) is 0 Å². The van der Waals surface area contributed by atoms with E-state index in [4.69, 9.17) is 0 Å². The predicted octanol–water partition coefficient (Wildman–Crippen LogP) is 2.20. The van der Waals surface area contributed by atoms with Crippen LogP contribution in [0.25, 0.3) is 0 Å². The van der Waals surface area contributed by atoms with Crippen LogP contribution < -0.4 is 0 Å². The highest BCUT2D eigenvalue weighted by atomic mass is 15.3. The van der Waals surface area contributed by atoms with E-state index in [1.165, 1.54) is 18.7 Å². The third-order valence-electron chi connectivity index (χ3n) is 3.05. The summed E-state index contributed by atoms with van der Waals surface area (Å²) in [6, 6.07) is 0. The summed E-state index contributed by atoms with van der Waals surface area (Å²) in [5.41, 5.74) is 0. The van der Waals surface area contributed by atoms with Crippen LogP contribution in [-0.2, 0) is 13.0 Å². The van der Waals surface area contributed by atoms with Gasteiger partial charge in [0.05, 0.1) is 0 Å². The number of rotatable bonds is 2. The van der Waals surface area contributed by atoms with Gasteiger partial charge in [-0.05, 0) is 31.6 Å². The molecular formula is C11H19N3. The largest absolute Gasteiger partial charge is 0.315 e. The Kier molecular flexibility index (Phi) is 2.57. The van der Waals surface area contributed by atoms with Crippen LogP contribution in [0.4, 0.5) is 0 Å². The molecule has 0 saturated heterocycles. The van der Waals surface area contributed by atoms with Crippen molar-refractivity contribution >= 4 is 0 Å². The molecule has 0 N–H and O–H groups in total. The fourth-order valence-electron chi connectivity index (χ4n) is 2.41. The molecule has 0 aliphatic carbocycles. The van der Waals surface area contributed by atoms with Crippen molar-refractivity contribution in [2.24, 2.45) is 11.8 Å². The molecule has 0 amide bonds. The van der Waals surface area contributed by atoms with Gasteiger partial charge in [-0.3, -0.25) is 0 Å². The molecule has 1 atom stereocenters. The molecule has 0 radical (unpaired) electrons. The van der Waals surface area contributed by atoms with Crippen LogP contribution in [0.15, 0.2) is 0 Å². The SMILES string of the molecule is Cc1nnc2n1CCC(CC(C)C)C2. The second kappa shape index (κ2) is 3.71. The third kappa shape index (κ3) is 1.81. The van der Waals surface area contributed by atoms with Gasteiger partial charge in [-0.15, -0.1) is 10.2 Å². The topological polar surface area (TPSA) is 30.7 Å². The smallest absolute Gasteiger partial charge is 0.133 e. The van der Waals surface area contributed by atoms with Crippen molar-refractivity contribution in [2.45, 2.75) is 46.6 Å². The zero-order chi connectivity index (χ0) is 10.1. The highest BCUT2D eigenvalue weighted by Crippen LogP contribution is 2.25. The normalized spacial score (nSPS) is 21.3. The van der Waals surface area contributed by atoms with Crippen LogP contribution >= 0.6 is 0 Å². The average Bonchev–Trinajstić information content (AvgIpc) is 2.46. The van der Waals surface area contributed by atoms with Crippen molar-refractivity contribution in [2.75, 3.05) is 0 Å². The van der Waals surface area contributed by atoms with Gasteiger partial charge >= 0.3 is 0 Å². The molecule has 1 aliphatic heterocycles. The second-order valence-electron chi connectivity index (χ2n) is 4.80. The van der Waals surface area contributed by atoms with Crippen LogP contribution in [0.5, 0.6) is 0 Å². The molecule has 0 bridgehead atoms. The second-order valence-corrected chi connectivity index (χ2v) is 4.80. The first-order chi connectivity index (χ1) is 6.66. The van der Waals surface area contributed by atoms with Crippen molar-refractivity contribution < 1.29 is 0 Å². The summed E-state index contributed by atoms with van der Waals surface area (Å²) in [4.78, 5) is 0. The molecule has 0 spiro atoms. The Morgan fingerprint density at radius 2 is 2.21 bits per heavy atom. The van der Waals surface area contributed by atoms with Gasteiger partial charge in [0.15, 0.2) is 0 Å². The van der Waals surface area contributed by atoms with E-state index >= 15 is 0 Å². The lowest BCUT2D eigenvalue weighted by Crippen LogP contribution is -2.21. The first-order valence-electron chi connectivity index (χ1n) is 5.55. The van der Waals surface area contributed by atoms with E-state index in [0.717, 1.165) is 30.6 Å². The molecule has 0 fully saturated rings. The fraction of sp³-hybridized carbons (Fsp3) is 0.818. The Morgan fingerprint density at radius 1 is 1.43 bits per heavy atom. The standard InChI is InChI=1S/C11H19N3/c1-8(2)6-10-4-5-14-9(3)12-13-11(14)7-10/h8,10H,4-7H2,1-3H3. The number of aryl methyl sites for hydroxylation is 1. The van der Waals surface area contributed by atoms with Crippen LogP contribution in [0, 0.1) is 18.8 Å². The summed E-state index contributed by atoms with van der Waals surface area (Å²) >= 11 is 0. The highest BCUT2D eigenvalue weighted by Gasteiger charge is 2.21. The van der Waals surface area contributed by atoms with E-state index in [1.807, 2.05) is 6.92 Å². The van der Waals surface area contributed by atoms with Gasteiger partial charge in [0.1, 0.15) is 11.6 Å². The molecule has 3 heteroatoms. The number of hydrogen-bond donors (Lipinski definition) is 0. The lowest BCUT2D eigenvalue weighted by atomic mass is 9.89. The number of nitrogens with zero attached hydrogens (tertiary/aromatic N) is 3. The maximum atomic E-state index is 4.23.